The van der Waals surface area contributed by atoms with Gasteiger partial charge in [-0.2, -0.15) is 0 Å². The highest BCUT2D eigenvalue weighted by atomic mass is 32.2. The number of carbonyl (C=O) groups is 1. The van der Waals surface area contributed by atoms with Crippen LogP contribution in [0.3, 0.4) is 0 Å². The third-order valence-electron chi connectivity index (χ3n) is 5.16. The molecule has 0 atom stereocenters. The first kappa shape index (κ1) is 21.8. The minimum atomic E-state index is -0.504. The Bertz CT molecular complexity index is 1150. The second-order valence-electron chi connectivity index (χ2n) is 7.48. The van der Waals surface area contributed by atoms with Gasteiger partial charge in [0, 0.05) is 12.1 Å². The Morgan fingerprint density at radius 1 is 1.19 bits per heavy atom. The van der Waals surface area contributed by atoms with Gasteiger partial charge in [-0.05, 0) is 61.4 Å². The van der Waals surface area contributed by atoms with E-state index >= 15 is 0 Å². The van der Waals surface area contributed by atoms with Crippen LogP contribution in [0.5, 0.6) is 5.75 Å². The topological polar surface area (TPSA) is 120 Å². The number of carbonyl (C=O) groups excluding carboxylic acids is 1. The molecule has 166 valence electrons. The lowest BCUT2D eigenvalue weighted by molar-refractivity contribution is -0.384. The van der Waals surface area contributed by atoms with Crippen molar-refractivity contribution >= 4 is 29.0 Å². The lowest BCUT2D eigenvalue weighted by Crippen LogP contribution is -2.15. The van der Waals surface area contributed by atoms with Crippen molar-refractivity contribution in [1.82, 2.24) is 10.2 Å². The number of thioether (sulfide) groups is 1. The van der Waals surface area contributed by atoms with Gasteiger partial charge in [0.25, 0.3) is 16.8 Å². The van der Waals surface area contributed by atoms with E-state index in [0.717, 1.165) is 35.9 Å². The zero-order chi connectivity index (χ0) is 22.5. The molecule has 0 bridgehead atoms. The number of benzene rings is 2. The molecule has 0 radical (unpaired) electrons. The molecule has 4 rings (SSSR count). The molecule has 1 aromatic heterocycles. The molecule has 0 aliphatic heterocycles. The summed E-state index contributed by atoms with van der Waals surface area (Å²) in [4.78, 5) is 22.7. The first-order valence-electron chi connectivity index (χ1n) is 10.2. The highest BCUT2D eigenvalue weighted by Crippen LogP contribution is 2.26. The number of aromatic nitrogens is 2. The number of non-ortho nitro benzene ring substituents is 1. The van der Waals surface area contributed by atoms with Gasteiger partial charge in [0.2, 0.25) is 5.91 Å². The maximum atomic E-state index is 12.2. The molecule has 2 aromatic carbocycles. The van der Waals surface area contributed by atoms with Gasteiger partial charge in [-0.3, -0.25) is 14.9 Å². The standard InChI is InChI=1S/C22H22N4O5S/c1-14-6-8-17(26(28)29)11-19(14)23-20(27)13-32-22-25-24-21(31-22)12-30-18-9-7-15-4-2-3-5-16(15)10-18/h6-11H,2-5,12-13H2,1H3,(H,23,27). The van der Waals surface area contributed by atoms with Gasteiger partial charge in [-0.1, -0.05) is 23.9 Å². The largest absolute Gasteiger partial charge is 0.484 e. The monoisotopic (exact) mass is 454 g/mol. The molecule has 0 fully saturated rings. The van der Waals surface area contributed by atoms with Crippen molar-refractivity contribution in [1.29, 1.82) is 0 Å². The second-order valence-corrected chi connectivity index (χ2v) is 8.41. The molecule has 1 heterocycles. The van der Waals surface area contributed by atoms with E-state index in [1.54, 1.807) is 13.0 Å². The van der Waals surface area contributed by atoms with Gasteiger partial charge in [-0.25, -0.2) is 0 Å². The molecular formula is C22H22N4O5S. The number of hydrogen-bond acceptors (Lipinski definition) is 8. The third kappa shape index (κ3) is 5.44. The van der Waals surface area contributed by atoms with E-state index in [9.17, 15) is 14.9 Å². The summed E-state index contributed by atoms with van der Waals surface area (Å²) in [6.45, 7) is 1.91. The number of hydrogen-bond donors (Lipinski definition) is 1. The molecule has 10 heteroatoms. The molecule has 32 heavy (non-hydrogen) atoms. The summed E-state index contributed by atoms with van der Waals surface area (Å²) in [7, 11) is 0. The molecule has 0 spiro atoms. The Morgan fingerprint density at radius 3 is 2.81 bits per heavy atom. The molecule has 0 saturated carbocycles. The number of nitrogens with one attached hydrogen (secondary N) is 1. The maximum Gasteiger partial charge on any atom is 0.277 e. The van der Waals surface area contributed by atoms with E-state index in [2.05, 4.69) is 27.6 Å². The fraction of sp³-hybridized carbons (Fsp3) is 0.318. The minimum absolute atomic E-state index is 0.0233. The smallest absolute Gasteiger partial charge is 0.277 e. The Hall–Kier alpha value is -3.40. The van der Waals surface area contributed by atoms with Gasteiger partial charge < -0.3 is 14.5 Å². The summed E-state index contributed by atoms with van der Waals surface area (Å²) in [6, 6.07) is 10.5. The van der Waals surface area contributed by atoms with Crippen molar-refractivity contribution in [3.05, 3.63) is 69.1 Å². The van der Waals surface area contributed by atoms with Crippen molar-refractivity contribution in [2.24, 2.45) is 0 Å². The Morgan fingerprint density at radius 2 is 2.00 bits per heavy atom. The SMILES string of the molecule is Cc1ccc([N+](=O)[O-])cc1NC(=O)CSc1nnc(COc2ccc3c(c2)CCCC3)o1. The van der Waals surface area contributed by atoms with Gasteiger partial charge in [-0.15, -0.1) is 10.2 Å². The number of nitro groups is 1. The Kier molecular flexibility index (Phi) is 6.69. The summed E-state index contributed by atoms with van der Waals surface area (Å²) in [5, 5.41) is 21.7. The number of ether oxygens (including phenoxy) is 1. The Balaban J connectivity index is 1.28. The summed E-state index contributed by atoms with van der Waals surface area (Å²) in [6.07, 6.45) is 4.63. The van der Waals surface area contributed by atoms with E-state index in [4.69, 9.17) is 9.15 Å². The van der Waals surface area contributed by atoms with Crippen LogP contribution in [0.2, 0.25) is 0 Å². The van der Waals surface area contributed by atoms with Gasteiger partial charge in [0.15, 0.2) is 6.61 Å². The van der Waals surface area contributed by atoms with E-state index < -0.39 is 4.92 Å². The summed E-state index contributed by atoms with van der Waals surface area (Å²) in [5.74, 6) is 0.781. The molecule has 0 unspecified atom stereocenters. The number of fused-ring (bicyclic) bond motifs is 1. The molecule has 9 nitrogen and oxygen atoms in total. The van der Waals surface area contributed by atoms with Crippen LogP contribution >= 0.6 is 11.8 Å². The zero-order valence-electron chi connectivity index (χ0n) is 17.5. The number of rotatable bonds is 8. The average molecular weight is 455 g/mol. The van der Waals surface area contributed by atoms with Crippen LogP contribution in [-0.2, 0) is 24.2 Å². The predicted octanol–water partition coefficient (Wildman–Crippen LogP) is 4.47. The average Bonchev–Trinajstić information content (AvgIpc) is 3.25. The summed E-state index contributed by atoms with van der Waals surface area (Å²) < 4.78 is 11.3. The summed E-state index contributed by atoms with van der Waals surface area (Å²) in [5.41, 5.74) is 3.76. The van der Waals surface area contributed by atoms with Crippen LogP contribution in [-0.4, -0.2) is 26.8 Å². The predicted molar refractivity (Wildman–Crippen MR) is 119 cm³/mol. The first-order valence-corrected chi connectivity index (χ1v) is 11.2. The first-order chi connectivity index (χ1) is 15.5. The van der Waals surface area contributed by atoms with Crippen LogP contribution in [0.15, 0.2) is 46.0 Å². The number of aryl methyl sites for hydroxylation is 3. The van der Waals surface area contributed by atoms with Crippen LogP contribution < -0.4 is 10.1 Å². The molecule has 3 aromatic rings. The molecule has 1 aliphatic rings. The molecule has 0 saturated heterocycles. The van der Waals surface area contributed by atoms with Crippen LogP contribution in [0.4, 0.5) is 11.4 Å². The number of amides is 1. The van der Waals surface area contributed by atoms with E-state index in [0.29, 0.717) is 11.6 Å². The highest BCUT2D eigenvalue weighted by Gasteiger charge is 2.14. The van der Waals surface area contributed by atoms with Crippen molar-refractivity contribution in [2.45, 2.75) is 44.4 Å². The lowest BCUT2D eigenvalue weighted by Gasteiger charge is -2.16. The molecule has 1 amide bonds. The highest BCUT2D eigenvalue weighted by molar-refractivity contribution is 7.99. The van der Waals surface area contributed by atoms with Crippen molar-refractivity contribution in [3.63, 3.8) is 0 Å². The maximum absolute atomic E-state index is 12.2. The molecular weight excluding hydrogens is 432 g/mol. The quantitative estimate of drug-likeness (QED) is 0.301. The van der Waals surface area contributed by atoms with Crippen LogP contribution in [0, 0.1) is 17.0 Å². The van der Waals surface area contributed by atoms with E-state index in [-0.39, 0.29) is 29.2 Å². The molecule has 1 N–H and O–H groups in total. The zero-order valence-corrected chi connectivity index (χ0v) is 18.3. The number of nitro benzene ring substituents is 1. The number of nitrogens with zero attached hydrogens (tertiary/aromatic N) is 3. The normalized spacial score (nSPS) is 12.8. The molecule has 1 aliphatic carbocycles. The van der Waals surface area contributed by atoms with E-state index in [1.807, 2.05) is 6.07 Å². The minimum Gasteiger partial charge on any atom is -0.484 e. The van der Waals surface area contributed by atoms with Crippen LogP contribution in [0.1, 0.15) is 35.4 Å². The van der Waals surface area contributed by atoms with E-state index in [1.165, 1.54) is 36.1 Å². The van der Waals surface area contributed by atoms with Crippen molar-refractivity contribution < 1.29 is 18.9 Å². The van der Waals surface area contributed by atoms with Crippen molar-refractivity contribution in [3.8, 4) is 5.75 Å². The Labute approximate surface area is 188 Å². The third-order valence-corrected chi connectivity index (χ3v) is 5.98. The van der Waals surface area contributed by atoms with Gasteiger partial charge in [0.05, 0.1) is 16.4 Å². The fourth-order valence-corrected chi connectivity index (χ4v) is 4.05. The fourth-order valence-electron chi connectivity index (χ4n) is 3.47. The second kappa shape index (κ2) is 9.82. The van der Waals surface area contributed by atoms with Crippen molar-refractivity contribution in [2.75, 3.05) is 11.1 Å². The number of anilines is 1. The van der Waals surface area contributed by atoms with Gasteiger partial charge in [0.1, 0.15) is 5.75 Å². The van der Waals surface area contributed by atoms with Gasteiger partial charge >= 0.3 is 0 Å². The van der Waals surface area contributed by atoms with Crippen LogP contribution in [0.25, 0.3) is 0 Å². The summed E-state index contributed by atoms with van der Waals surface area (Å²) >= 11 is 1.08. The lowest BCUT2D eigenvalue weighted by atomic mass is 9.92.